The van der Waals surface area contributed by atoms with Crippen molar-refractivity contribution >= 4 is 11.6 Å². The van der Waals surface area contributed by atoms with Gasteiger partial charge in [-0.25, -0.2) is 8.78 Å². The zero-order valence-electron chi connectivity index (χ0n) is 8.01. The molecule has 0 heterocycles. The van der Waals surface area contributed by atoms with Gasteiger partial charge in [-0.2, -0.15) is 0 Å². The van der Waals surface area contributed by atoms with E-state index in [0.717, 1.165) is 12.1 Å². The number of ether oxygens (including phenoxy) is 1. The predicted molar refractivity (Wildman–Crippen MR) is 56.7 cm³/mol. The zero-order chi connectivity index (χ0) is 11.5. The summed E-state index contributed by atoms with van der Waals surface area (Å²) in [7, 11) is 0. The molecule has 0 amide bonds. The van der Waals surface area contributed by atoms with Crippen LogP contribution in [0.1, 0.15) is 0 Å². The molecule has 0 unspecified atom stereocenters. The second kappa shape index (κ2) is 4.49. The Labute approximate surface area is 96.2 Å². The highest BCUT2D eigenvalue weighted by Gasteiger charge is 2.10. The number of halogens is 3. The monoisotopic (exact) mass is 239 g/mol. The Kier molecular flexibility index (Phi) is 3.06. The van der Waals surface area contributed by atoms with Crippen LogP contribution in [0.2, 0.25) is 5.02 Å². The van der Waals surface area contributed by atoms with Crippen molar-refractivity contribution in [3.05, 3.63) is 59.1 Å². The second-order valence-electron chi connectivity index (χ2n) is 3.04. The zero-order valence-corrected chi connectivity index (χ0v) is 8.76. The summed E-state index contributed by atoms with van der Waals surface area (Å²) < 4.78 is 31.5. The van der Waals surface area contributed by atoms with Gasteiger partial charge in [-0.3, -0.25) is 0 Å². The van der Waals surface area contributed by atoms with Gasteiger partial charge in [0.05, 0.1) is 0 Å². The van der Waals surface area contributed by atoms with Crippen LogP contribution in [0, 0.1) is 17.7 Å². The molecule has 0 aliphatic carbocycles. The van der Waals surface area contributed by atoms with Gasteiger partial charge in [-0.1, -0.05) is 11.6 Å². The lowest BCUT2D eigenvalue weighted by Gasteiger charge is -2.07. The quantitative estimate of drug-likeness (QED) is 0.763. The second-order valence-corrected chi connectivity index (χ2v) is 3.47. The van der Waals surface area contributed by atoms with E-state index < -0.39 is 17.4 Å². The molecule has 0 fully saturated rings. The molecule has 0 aliphatic heterocycles. The maximum Gasteiger partial charge on any atom is 0.198 e. The number of benzene rings is 2. The summed E-state index contributed by atoms with van der Waals surface area (Å²) in [5.41, 5.74) is 0. The first-order valence-corrected chi connectivity index (χ1v) is 4.83. The molecule has 1 radical (unpaired) electrons. The van der Waals surface area contributed by atoms with E-state index in [1.807, 2.05) is 0 Å². The van der Waals surface area contributed by atoms with Crippen LogP contribution in [0.25, 0.3) is 0 Å². The Morgan fingerprint density at radius 2 is 1.56 bits per heavy atom. The van der Waals surface area contributed by atoms with Gasteiger partial charge >= 0.3 is 0 Å². The third kappa shape index (κ3) is 2.31. The lowest BCUT2D eigenvalue weighted by atomic mass is 10.3. The summed E-state index contributed by atoms with van der Waals surface area (Å²) in [6, 6.07) is 10.5. The average molecular weight is 240 g/mol. The van der Waals surface area contributed by atoms with Crippen molar-refractivity contribution in [2.24, 2.45) is 0 Å². The number of hydrogen-bond donors (Lipinski definition) is 0. The Morgan fingerprint density at radius 3 is 2.12 bits per heavy atom. The molecular weight excluding hydrogens is 234 g/mol. The Hall–Kier alpha value is -1.61. The van der Waals surface area contributed by atoms with Crippen molar-refractivity contribution in [2.75, 3.05) is 0 Å². The largest absolute Gasteiger partial charge is 0.451 e. The molecule has 4 heteroatoms. The van der Waals surface area contributed by atoms with E-state index in [0.29, 0.717) is 10.8 Å². The first-order chi connectivity index (χ1) is 7.66. The highest BCUT2D eigenvalue weighted by molar-refractivity contribution is 6.30. The summed E-state index contributed by atoms with van der Waals surface area (Å²) in [5, 5.41) is 0.523. The van der Waals surface area contributed by atoms with E-state index in [9.17, 15) is 8.78 Å². The standard InChI is InChI=1S/C12H6ClF2O/c13-8-4-6-9(7-5-8)16-12-10(14)2-1-3-11(12)15/h2-7H. The van der Waals surface area contributed by atoms with Gasteiger partial charge in [0.2, 0.25) is 0 Å². The topological polar surface area (TPSA) is 9.23 Å². The van der Waals surface area contributed by atoms with E-state index in [2.05, 4.69) is 6.07 Å². The average Bonchev–Trinajstić information content (AvgIpc) is 2.26. The molecule has 2 aromatic rings. The van der Waals surface area contributed by atoms with Gasteiger partial charge in [0.15, 0.2) is 17.4 Å². The Bertz CT molecular complexity index is 477. The molecule has 0 aromatic heterocycles. The summed E-state index contributed by atoms with van der Waals surface area (Å²) in [6.45, 7) is 0. The minimum absolute atomic E-state index is 0.313. The van der Waals surface area contributed by atoms with Gasteiger partial charge < -0.3 is 4.74 Å². The maximum absolute atomic E-state index is 13.2. The Balaban J connectivity index is 2.30. The SMILES string of the molecule is Fc1c[c]cc(F)c1Oc1ccc(Cl)cc1. The fourth-order valence-corrected chi connectivity index (χ4v) is 1.28. The highest BCUT2D eigenvalue weighted by atomic mass is 35.5. The van der Waals surface area contributed by atoms with Crippen LogP contribution in [0.15, 0.2) is 36.4 Å². The van der Waals surface area contributed by atoms with E-state index in [4.69, 9.17) is 16.3 Å². The highest BCUT2D eigenvalue weighted by Crippen LogP contribution is 2.27. The van der Waals surface area contributed by atoms with E-state index >= 15 is 0 Å². The van der Waals surface area contributed by atoms with Crippen LogP contribution in [0.5, 0.6) is 11.5 Å². The first-order valence-electron chi connectivity index (χ1n) is 4.45. The lowest BCUT2D eigenvalue weighted by Crippen LogP contribution is -1.91. The van der Waals surface area contributed by atoms with E-state index in [-0.39, 0.29) is 0 Å². The third-order valence-electron chi connectivity index (χ3n) is 1.89. The van der Waals surface area contributed by atoms with Crippen LogP contribution >= 0.6 is 11.6 Å². The van der Waals surface area contributed by atoms with Crippen molar-refractivity contribution in [3.63, 3.8) is 0 Å². The molecule has 2 rings (SSSR count). The van der Waals surface area contributed by atoms with Crippen molar-refractivity contribution in [1.82, 2.24) is 0 Å². The molecule has 0 spiro atoms. The van der Waals surface area contributed by atoms with Crippen molar-refractivity contribution in [3.8, 4) is 11.5 Å². The van der Waals surface area contributed by atoms with Crippen LogP contribution in [0.4, 0.5) is 8.78 Å². The maximum atomic E-state index is 13.2. The molecule has 0 N–H and O–H groups in total. The van der Waals surface area contributed by atoms with E-state index in [1.165, 1.54) is 12.1 Å². The normalized spacial score (nSPS) is 10.2. The fraction of sp³-hybridized carbons (Fsp3) is 0. The molecule has 16 heavy (non-hydrogen) atoms. The molecule has 81 valence electrons. The van der Waals surface area contributed by atoms with Gasteiger partial charge in [0, 0.05) is 5.02 Å². The van der Waals surface area contributed by atoms with Crippen molar-refractivity contribution in [1.29, 1.82) is 0 Å². The van der Waals surface area contributed by atoms with Gasteiger partial charge in [0.25, 0.3) is 0 Å². The van der Waals surface area contributed by atoms with Gasteiger partial charge in [-0.05, 0) is 42.5 Å². The Morgan fingerprint density at radius 1 is 1.00 bits per heavy atom. The van der Waals surface area contributed by atoms with E-state index in [1.54, 1.807) is 12.1 Å². The smallest absolute Gasteiger partial charge is 0.198 e. The molecular formula is C12H6ClF2O. The number of rotatable bonds is 2. The van der Waals surface area contributed by atoms with Gasteiger partial charge in [-0.15, -0.1) is 0 Å². The lowest BCUT2D eigenvalue weighted by molar-refractivity contribution is 0.407. The fourth-order valence-electron chi connectivity index (χ4n) is 1.15. The van der Waals surface area contributed by atoms with Crippen molar-refractivity contribution < 1.29 is 13.5 Å². The summed E-state index contributed by atoms with van der Waals surface area (Å²) in [5.74, 6) is -1.72. The van der Waals surface area contributed by atoms with Crippen LogP contribution in [0.3, 0.4) is 0 Å². The van der Waals surface area contributed by atoms with Crippen LogP contribution in [-0.4, -0.2) is 0 Å². The van der Waals surface area contributed by atoms with Gasteiger partial charge in [0.1, 0.15) is 5.75 Å². The van der Waals surface area contributed by atoms with Crippen molar-refractivity contribution in [2.45, 2.75) is 0 Å². The predicted octanol–water partition coefficient (Wildman–Crippen LogP) is 4.21. The molecule has 1 nitrogen and oxygen atoms in total. The first kappa shape index (κ1) is 10.9. The molecule has 0 saturated heterocycles. The molecule has 2 aromatic carbocycles. The van der Waals surface area contributed by atoms with Crippen LogP contribution < -0.4 is 4.74 Å². The summed E-state index contributed by atoms with van der Waals surface area (Å²) in [4.78, 5) is 0. The summed E-state index contributed by atoms with van der Waals surface area (Å²) >= 11 is 5.67. The molecule has 0 bridgehead atoms. The molecule has 0 saturated carbocycles. The van der Waals surface area contributed by atoms with Crippen LogP contribution in [-0.2, 0) is 0 Å². The molecule has 0 atom stereocenters. The molecule has 0 aliphatic rings. The minimum atomic E-state index is -0.796. The summed E-state index contributed by atoms with van der Waals surface area (Å²) in [6.07, 6.45) is 0. The minimum Gasteiger partial charge on any atom is -0.451 e. The number of hydrogen-bond acceptors (Lipinski definition) is 1. The third-order valence-corrected chi connectivity index (χ3v) is 2.14.